The molecule has 148 valence electrons. The Hall–Kier alpha value is -1.34. The number of likely N-dealkylation sites (tertiary alicyclic amines) is 1. The lowest BCUT2D eigenvalue weighted by molar-refractivity contribution is -0.145. The lowest BCUT2D eigenvalue weighted by Gasteiger charge is -2.45. The fraction of sp³-hybridized carbons (Fsp3) is 0.895. The van der Waals surface area contributed by atoms with E-state index in [0.29, 0.717) is 19.1 Å². The zero-order valence-electron chi connectivity index (χ0n) is 16.4. The summed E-state index contributed by atoms with van der Waals surface area (Å²) in [4.78, 5) is 31.4. The van der Waals surface area contributed by atoms with Gasteiger partial charge in [0.25, 0.3) is 0 Å². The van der Waals surface area contributed by atoms with Gasteiger partial charge in [0.1, 0.15) is 5.60 Å². The van der Waals surface area contributed by atoms with Crippen LogP contribution in [0.4, 0.5) is 4.79 Å². The minimum Gasteiger partial charge on any atom is -0.444 e. The van der Waals surface area contributed by atoms with Gasteiger partial charge in [0.05, 0.1) is 6.04 Å². The summed E-state index contributed by atoms with van der Waals surface area (Å²) >= 11 is 0. The Bertz CT molecular complexity index is 505. The number of ether oxygens (including phenoxy) is 2. The van der Waals surface area contributed by atoms with Crippen molar-refractivity contribution in [3.05, 3.63) is 0 Å². The molecule has 7 heteroatoms. The number of piperidine rings is 1. The molecule has 3 saturated heterocycles. The highest BCUT2D eigenvalue weighted by atomic mass is 16.6. The van der Waals surface area contributed by atoms with Crippen LogP contribution >= 0.6 is 0 Å². The molecule has 0 aromatic heterocycles. The van der Waals surface area contributed by atoms with Gasteiger partial charge in [0.2, 0.25) is 5.91 Å². The van der Waals surface area contributed by atoms with E-state index in [0.717, 1.165) is 58.5 Å². The molecule has 0 unspecified atom stereocenters. The number of rotatable bonds is 2. The minimum atomic E-state index is -0.474. The predicted molar refractivity (Wildman–Crippen MR) is 98.0 cm³/mol. The molecule has 0 aromatic rings. The van der Waals surface area contributed by atoms with Gasteiger partial charge in [0, 0.05) is 52.0 Å². The third-order valence-electron chi connectivity index (χ3n) is 5.48. The fourth-order valence-corrected chi connectivity index (χ4v) is 4.12. The van der Waals surface area contributed by atoms with Crippen LogP contribution in [0.5, 0.6) is 0 Å². The van der Waals surface area contributed by atoms with E-state index >= 15 is 0 Å². The van der Waals surface area contributed by atoms with Crippen molar-refractivity contribution < 1.29 is 19.1 Å². The summed E-state index contributed by atoms with van der Waals surface area (Å²) in [6, 6.07) is 0.300. The molecule has 0 aromatic carbocycles. The molecule has 3 aliphatic rings. The Morgan fingerprint density at radius 3 is 2.31 bits per heavy atom. The highest BCUT2D eigenvalue weighted by molar-refractivity contribution is 5.83. The van der Waals surface area contributed by atoms with Gasteiger partial charge >= 0.3 is 6.09 Å². The number of carbonyl (C=O) groups excluding carboxylic acids is 2. The van der Waals surface area contributed by atoms with Crippen molar-refractivity contribution >= 4 is 12.0 Å². The summed E-state index contributed by atoms with van der Waals surface area (Å²) < 4.78 is 10.9. The number of hydrogen-bond donors (Lipinski definition) is 0. The highest BCUT2D eigenvalue weighted by Crippen LogP contribution is 2.24. The van der Waals surface area contributed by atoms with Crippen molar-refractivity contribution in [2.45, 2.75) is 64.1 Å². The second kappa shape index (κ2) is 8.13. The van der Waals surface area contributed by atoms with Gasteiger partial charge in [-0.15, -0.1) is 0 Å². The fourth-order valence-electron chi connectivity index (χ4n) is 4.12. The first kappa shape index (κ1) is 19.4. The SMILES string of the molecule is CC(C)(C)OC(=O)N1CCN([C@H]2CCCN(C3CCOCC3)C2=O)CC1. The lowest BCUT2D eigenvalue weighted by Crippen LogP contribution is -2.60. The van der Waals surface area contributed by atoms with Crippen molar-refractivity contribution in [1.29, 1.82) is 0 Å². The molecule has 3 heterocycles. The van der Waals surface area contributed by atoms with E-state index < -0.39 is 5.60 Å². The Morgan fingerprint density at radius 1 is 1.04 bits per heavy atom. The van der Waals surface area contributed by atoms with E-state index in [1.54, 1.807) is 4.90 Å². The normalized spacial score (nSPS) is 26.9. The van der Waals surface area contributed by atoms with Crippen LogP contribution in [0.3, 0.4) is 0 Å². The van der Waals surface area contributed by atoms with Crippen LogP contribution < -0.4 is 0 Å². The van der Waals surface area contributed by atoms with E-state index in [9.17, 15) is 9.59 Å². The number of piperazine rings is 1. The average molecular weight is 367 g/mol. The first-order valence-electron chi connectivity index (χ1n) is 9.95. The summed E-state index contributed by atoms with van der Waals surface area (Å²) in [7, 11) is 0. The van der Waals surface area contributed by atoms with E-state index in [-0.39, 0.29) is 18.0 Å². The van der Waals surface area contributed by atoms with Crippen LogP contribution in [0, 0.1) is 0 Å². The zero-order valence-corrected chi connectivity index (χ0v) is 16.4. The van der Waals surface area contributed by atoms with Gasteiger partial charge in [-0.05, 0) is 46.5 Å². The van der Waals surface area contributed by atoms with Crippen molar-refractivity contribution in [2.75, 3.05) is 45.9 Å². The maximum atomic E-state index is 13.1. The largest absolute Gasteiger partial charge is 0.444 e. The zero-order chi connectivity index (χ0) is 18.7. The summed E-state index contributed by atoms with van der Waals surface area (Å²) in [5.41, 5.74) is -0.474. The number of amides is 2. The van der Waals surface area contributed by atoms with Gasteiger partial charge in [-0.25, -0.2) is 4.79 Å². The number of hydrogen-bond acceptors (Lipinski definition) is 5. The maximum Gasteiger partial charge on any atom is 0.410 e. The minimum absolute atomic E-state index is 0.0348. The lowest BCUT2D eigenvalue weighted by atomic mass is 9.97. The molecule has 7 nitrogen and oxygen atoms in total. The summed E-state index contributed by atoms with van der Waals surface area (Å²) in [6.07, 6.45) is 3.62. The van der Waals surface area contributed by atoms with Crippen molar-refractivity contribution in [3.63, 3.8) is 0 Å². The van der Waals surface area contributed by atoms with Gasteiger partial charge < -0.3 is 19.3 Å². The van der Waals surface area contributed by atoms with Crippen LogP contribution in [0.1, 0.15) is 46.5 Å². The Kier molecular flexibility index (Phi) is 6.07. The molecule has 3 fully saturated rings. The molecular weight excluding hydrogens is 334 g/mol. The van der Waals surface area contributed by atoms with E-state index in [4.69, 9.17) is 9.47 Å². The average Bonchev–Trinajstić information content (AvgIpc) is 2.61. The van der Waals surface area contributed by atoms with Gasteiger partial charge in [-0.2, -0.15) is 0 Å². The van der Waals surface area contributed by atoms with Crippen molar-refractivity contribution in [3.8, 4) is 0 Å². The second-order valence-corrected chi connectivity index (χ2v) is 8.54. The van der Waals surface area contributed by atoms with Gasteiger partial charge in [-0.3, -0.25) is 9.69 Å². The summed E-state index contributed by atoms with van der Waals surface area (Å²) in [5.74, 6) is 0.272. The van der Waals surface area contributed by atoms with Crippen LogP contribution in [0.2, 0.25) is 0 Å². The number of nitrogens with zero attached hydrogens (tertiary/aromatic N) is 3. The standard InChI is InChI=1S/C19H33N3O4/c1-19(2,3)26-18(24)21-11-9-20(10-12-21)16-5-4-8-22(17(16)23)15-6-13-25-14-7-15/h15-16H,4-14H2,1-3H3/t16-/m0/s1. The molecule has 3 rings (SSSR count). The highest BCUT2D eigenvalue weighted by Gasteiger charge is 2.38. The van der Waals surface area contributed by atoms with Gasteiger partial charge in [-0.1, -0.05) is 0 Å². The molecule has 26 heavy (non-hydrogen) atoms. The molecule has 0 spiro atoms. The third-order valence-corrected chi connectivity index (χ3v) is 5.48. The Morgan fingerprint density at radius 2 is 1.69 bits per heavy atom. The third kappa shape index (κ3) is 4.68. The van der Waals surface area contributed by atoms with E-state index in [2.05, 4.69) is 9.80 Å². The smallest absolute Gasteiger partial charge is 0.410 e. The van der Waals surface area contributed by atoms with Crippen molar-refractivity contribution in [2.24, 2.45) is 0 Å². The molecule has 0 N–H and O–H groups in total. The molecule has 0 saturated carbocycles. The molecular formula is C19H33N3O4. The van der Waals surface area contributed by atoms with Crippen LogP contribution in [-0.4, -0.2) is 90.3 Å². The van der Waals surface area contributed by atoms with Gasteiger partial charge in [0.15, 0.2) is 0 Å². The molecule has 1 atom stereocenters. The Balaban J connectivity index is 1.53. The predicted octanol–water partition coefficient (Wildman–Crippen LogP) is 1.71. The molecule has 3 aliphatic heterocycles. The maximum absolute atomic E-state index is 13.1. The monoisotopic (exact) mass is 367 g/mol. The summed E-state index contributed by atoms with van der Waals surface area (Å²) in [6.45, 7) is 10.7. The molecule has 0 aliphatic carbocycles. The topological polar surface area (TPSA) is 62.3 Å². The van der Waals surface area contributed by atoms with Crippen molar-refractivity contribution in [1.82, 2.24) is 14.7 Å². The second-order valence-electron chi connectivity index (χ2n) is 8.54. The quantitative estimate of drug-likeness (QED) is 0.744. The first-order valence-corrected chi connectivity index (χ1v) is 9.95. The first-order chi connectivity index (χ1) is 12.3. The molecule has 2 amide bonds. The summed E-state index contributed by atoms with van der Waals surface area (Å²) in [5, 5.41) is 0. The Labute approximate surface area is 156 Å². The van der Waals surface area contributed by atoms with Crippen LogP contribution in [0.25, 0.3) is 0 Å². The van der Waals surface area contributed by atoms with Crippen LogP contribution in [0.15, 0.2) is 0 Å². The molecule has 0 radical (unpaired) electrons. The number of carbonyl (C=O) groups is 2. The van der Waals surface area contributed by atoms with E-state index in [1.165, 1.54) is 0 Å². The van der Waals surface area contributed by atoms with Crippen LogP contribution in [-0.2, 0) is 14.3 Å². The molecule has 0 bridgehead atoms. The van der Waals surface area contributed by atoms with E-state index in [1.807, 2.05) is 20.8 Å².